The Hall–Kier alpha value is -2.98. The van der Waals surface area contributed by atoms with E-state index in [1.165, 1.54) is 10.9 Å². The maximum Gasteiger partial charge on any atom is 0.293 e. The number of rotatable bonds is 4. The highest BCUT2D eigenvalue weighted by Crippen LogP contribution is 2.24. The van der Waals surface area contributed by atoms with Crippen LogP contribution in [0.3, 0.4) is 0 Å². The van der Waals surface area contributed by atoms with E-state index in [2.05, 4.69) is 35.8 Å². The number of hydrogen-bond acceptors (Lipinski definition) is 8. The van der Waals surface area contributed by atoms with Crippen LogP contribution in [0.15, 0.2) is 27.9 Å². The number of amides is 1. The summed E-state index contributed by atoms with van der Waals surface area (Å²) in [7, 11) is 0. The van der Waals surface area contributed by atoms with E-state index in [0.29, 0.717) is 21.3 Å². The normalized spacial score (nSPS) is 11.2. The number of hydrazone groups is 1. The third-order valence-electron chi connectivity index (χ3n) is 3.16. The molecule has 2 heterocycles. The van der Waals surface area contributed by atoms with Crippen LogP contribution in [0.5, 0.6) is 0 Å². The lowest BCUT2D eigenvalue weighted by atomic mass is 10.2. The summed E-state index contributed by atoms with van der Waals surface area (Å²) in [5.74, 6) is -0.417. The highest BCUT2D eigenvalue weighted by Gasteiger charge is 2.20. The number of anilines is 1. The van der Waals surface area contributed by atoms with Crippen molar-refractivity contribution in [2.75, 3.05) is 5.73 Å². The van der Waals surface area contributed by atoms with Crippen molar-refractivity contribution in [3.05, 3.63) is 45.2 Å². The molecule has 10 nitrogen and oxygen atoms in total. The molecule has 0 bridgehead atoms. The minimum absolute atomic E-state index is 0.0218. The van der Waals surface area contributed by atoms with E-state index in [9.17, 15) is 4.79 Å². The predicted molar refractivity (Wildman–Crippen MR) is 89.9 cm³/mol. The monoisotopic (exact) mass is 380 g/mol. The average Bonchev–Trinajstić information content (AvgIpc) is 3.16. The van der Waals surface area contributed by atoms with E-state index < -0.39 is 5.91 Å². The van der Waals surface area contributed by atoms with Gasteiger partial charge in [-0.3, -0.25) is 4.79 Å². The van der Waals surface area contributed by atoms with E-state index in [4.69, 9.17) is 28.9 Å². The molecule has 0 radical (unpaired) electrons. The van der Waals surface area contributed by atoms with Crippen LogP contribution in [0.1, 0.15) is 21.7 Å². The molecule has 0 atom stereocenters. The van der Waals surface area contributed by atoms with Crippen LogP contribution in [-0.4, -0.2) is 37.4 Å². The van der Waals surface area contributed by atoms with Gasteiger partial charge in [0.1, 0.15) is 0 Å². The zero-order valence-electron chi connectivity index (χ0n) is 12.6. The molecule has 3 rings (SSSR count). The first kappa shape index (κ1) is 16.9. The summed E-state index contributed by atoms with van der Waals surface area (Å²) < 4.78 is 5.73. The first-order valence-corrected chi connectivity index (χ1v) is 7.52. The largest absolute Gasteiger partial charge is 0.378 e. The molecule has 1 amide bonds. The van der Waals surface area contributed by atoms with Crippen LogP contribution in [0.4, 0.5) is 5.82 Å². The van der Waals surface area contributed by atoms with Gasteiger partial charge < -0.3 is 5.73 Å². The molecule has 0 saturated carbocycles. The molecule has 0 fully saturated rings. The molecule has 0 aliphatic carbocycles. The summed E-state index contributed by atoms with van der Waals surface area (Å²) in [6.07, 6.45) is 1.37. The lowest BCUT2D eigenvalue weighted by molar-refractivity contribution is 0.0949. The van der Waals surface area contributed by atoms with Crippen LogP contribution in [0, 0.1) is 6.92 Å². The third-order valence-corrected chi connectivity index (χ3v) is 3.99. The molecule has 12 heteroatoms. The number of halogens is 2. The number of carbonyl (C=O) groups is 1. The van der Waals surface area contributed by atoms with Gasteiger partial charge >= 0.3 is 0 Å². The van der Waals surface area contributed by atoms with Gasteiger partial charge in [-0.05, 0) is 23.3 Å². The average molecular weight is 381 g/mol. The minimum Gasteiger partial charge on any atom is -0.378 e. The van der Waals surface area contributed by atoms with Crippen LogP contribution in [-0.2, 0) is 0 Å². The number of aromatic nitrogens is 5. The fraction of sp³-hybridized carbons (Fsp3) is 0.0769. The van der Waals surface area contributed by atoms with E-state index in [1.807, 2.05) is 0 Å². The van der Waals surface area contributed by atoms with Crippen LogP contribution in [0.25, 0.3) is 5.82 Å². The Balaban J connectivity index is 1.76. The number of carbonyl (C=O) groups excluding carboxylic acids is 1. The summed E-state index contributed by atoms with van der Waals surface area (Å²) >= 11 is 11.9. The summed E-state index contributed by atoms with van der Waals surface area (Å²) in [5, 5.41) is 19.2. The molecule has 0 spiro atoms. The summed E-state index contributed by atoms with van der Waals surface area (Å²) in [6.45, 7) is 1.61. The smallest absolute Gasteiger partial charge is 0.293 e. The maximum atomic E-state index is 12.2. The molecule has 3 N–H and O–H groups in total. The van der Waals surface area contributed by atoms with Gasteiger partial charge in [-0.15, -0.1) is 5.10 Å². The minimum atomic E-state index is -0.576. The number of benzene rings is 1. The molecular formula is C13H10Cl2N8O2. The number of nitrogens with zero attached hydrogens (tertiary/aromatic N) is 6. The first-order chi connectivity index (χ1) is 12.0. The third kappa shape index (κ3) is 3.30. The zero-order chi connectivity index (χ0) is 18.0. The molecule has 0 aliphatic heterocycles. The van der Waals surface area contributed by atoms with Crippen molar-refractivity contribution < 1.29 is 9.42 Å². The molecule has 2 aromatic heterocycles. The Labute approximate surface area is 150 Å². The van der Waals surface area contributed by atoms with Gasteiger partial charge in [0.05, 0.1) is 22.0 Å². The first-order valence-electron chi connectivity index (χ1n) is 6.77. The van der Waals surface area contributed by atoms with Gasteiger partial charge in [0.25, 0.3) is 5.91 Å². The Bertz CT molecular complexity index is 965. The summed E-state index contributed by atoms with van der Waals surface area (Å²) in [5.41, 5.74) is 8.90. The highest BCUT2D eigenvalue weighted by atomic mass is 35.5. The van der Waals surface area contributed by atoms with Gasteiger partial charge in [-0.1, -0.05) is 40.5 Å². The second-order valence-electron chi connectivity index (χ2n) is 4.75. The number of nitrogens with two attached hydrogens (primary N) is 1. The van der Waals surface area contributed by atoms with Gasteiger partial charge in [0.2, 0.25) is 11.6 Å². The second kappa shape index (κ2) is 6.87. The maximum absolute atomic E-state index is 12.2. The quantitative estimate of drug-likeness (QED) is 0.517. The SMILES string of the molecule is Cc1c(C(=O)NN=Cc2cccc(Cl)c2Cl)nnn1-c1nonc1N. The Kier molecular flexibility index (Phi) is 4.63. The van der Waals surface area contributed by atoms with Gasteiger partial charge in [0, 0.05) is 5.56 Å². The standard InChI is InChI=1S/C13H10Cl2N8O2/c1-6-10(18-22-23(6)12-11(16)20-25-21-12)13(24)19-17-5-7-3-2-4-8(14)9(7)15/h2-5H,1H3,(H2,16,20)(H,19,24). The predicted octanol–water partition coefficient (Wildman–Crippen LogP) is 1.61. The molecule has 3 aromatic rings. The summed E-state index contributed by atoms with van der Waals surface area (Å²) in [6, 6.07) is 5.06. The fourth-order valence-electron chi connectivity index (χ4n) is 1.91. The highest BCUT2D eigenvalue weighted by molar-refractivity contribution is 6.43. The molecule has 0 aliphatic rings. The number of hydrogen-bond donors (Lipinski definition) is 2. The van der Waals surface area contributed by atoms with Gasteiger partial charge in [-0.2, -0.15) is 9.78 Å². The second-order valence-corrected chi connectivity index (χ2v) is 5.54. The Morgan fingerprint density at radius 1 is 1.40 bits per heavy atom. The van der Waals surface area contributed by atoms with Crippen molar-refractivity contribution in [2.24, 2.45) is 5.10 Å². The van der Waals surface area contributed by atoms with Crippen LogP contribution >= 0.6 is 23.2 Å². The Morgan fingerprint density at radius 2 is 2.20 bits per heavy atom. The Morgan fingerprint density at radius 3 is 2.92 bits per heavy atom. The molecule has 25 heavy (non-hydrogen) atoms. The molecule has 1 aromatic carbocycles. The van der Waals surface area contributed by atoms with E-state index in [0.717, 1.165) is 0 Å². The van der Waals surface area contributed by atoms with Crippen molar-refractivity contribution in [2.45, 2.75) is 6.92 Å². The zero-order valence-corrected chi connectivity index (χ0v) is 14.2. The van der Waals surface area contributed by atoms with Crippen LogP contribution in [0.2, 0.25) is 10.0 Å². The van der Waals surface area contributed by atoms with E-state index in [1.54, 1.807) is 25.1 Å². The van der Waals surface area contributed by atoms with Crippen molar-refractivity contribution >= 4 is 41.1 Å². The van der Waals surface area contributed by atoms with Gasteiger partial charge in [-0.25, -0.2) is 10.1 Å². The molecular weight excluding hydrogens is 371 g/mol. The van der Waals surface area contributed by atoms with Crippen LogP contribution < -0.4 is 11.2 Å². The van der Waals surface area contributed by atoms with E-state index >= 15 is 0 Å². The lowest BCUT2D eigenvalue weighted by Gasteiger charge is -2.01. The van der Waals surface area contributed by atoms with E-state index in [-0.39, 0.29) is 17.3 Å². The van der Waals surface area contributed by atoms with Crippen molar-refractivity contribution in [3.8, 4) is 5.82 Å². The number of nitrogen functional groups attached to an aromatic ring is 1. The molecule has 128 valence electrons. The number of nitrogens with one attached hydrogen (secondary N) is 1. The van der Waals surface area contributed by atoms with Crippen molar-refractivity contribution in [1.29, 1.82) is 0 Å². The summed E-state index contributed by atoms with van der Waals surface area (Å²) in [4.78, 5) is 12.2. The molecule has 0 saturated heterocycles. The van der Waals surface area contributed by atoms with Crippen molar-refractivity contribution in [1.82, 2.24) is 30.7 Å². The lowest BCUT2D eigenvalue weighted by Crippen LogP contribution is -2.19. The fourth-order valence-corrected chi connectivity index (χ4v) is 2.27. The molecule has 0 unspecified atom stereocenters. The van der Waals surface area contributed by atoms with Gasteiger partial charge in [0.15, 0.2) is 5.69 Å². The van der Waals surface area contributed by atoms with Crippen molar-refractivity contribution in [3.63, 3.8) is 0 Å². The topological polar surface area (TPSA) is 137 Å².